The summed E-state index contributed by atoms with van der Waals surface area (Å²) in [5, 5.41) is 0. The number of carbonyl (C=O) groups is 1. The fourth-order valence-electron chi connectivity index (χ4n) is 2.15. The van der Waals surface area contributed by atoms with E-state index in [9.17, 15) is 4.79 Å². The number of hydrogen-bond donors (Lipinski definition) is 0. The van der Waals surface area contributed by atoms with Crippen molar-refractivity contribution in [2.75, 3.05) is 13.1 Å². The predicted molar refractivity (Wildman–Crippen MR) is 62.1 cm³/mol. The monoisotopic (exact) mass is 275 g/mol. The summed E-state index contributed by atoms with van der Waals surface area (Å²) in [4.78, 5) is 14.2. The molecule has 0 aromatic carbocycles. The van der Waals surface area contributed by atoms with Crippen LogP contribution in [0.25, 0.3) is 0 Å². The Kier molecular flexibility index (Phi) is 2.73. The Morgan fingerprint density at radius 3 is 2.60 bits per heavy atom. The van der Waals surface area contributed by atoms with Gasteiger partial charge in [0, 0.05) is 17.9 Å². The lowest BCUT2D eigenvalue weighted by atomic mass is 10.1. The number of alkyl halides is 1. The normalized spacial score (nSPS) is 34.7. The molecule has 1 aliphatic heterocycles. The van der Waals surface area contributed by atoms with Crippen molar-refractivity contribution in [2.24, 2.45) is 11.8 Å². The molecular formula is C11H18BrNO2. The van der Waals surface area contributed by atoms with Gasteiger partial charge in [-0.25, -0.2) is 4.79 Å². The summed E-state index contributed by atoms with van der Waals surface area (Å²) in [6, 6.07) is 0. The number of halogens is 1. The molecule has 15 heavy (non-hydrogen) atoms. The molecule has 1 saturated heterocycles. The van der Waals surface area contributed by atoms with Gasteiger partial charge in [-0.15, -0.1) is 0 Å². The Morgan fingerprint density at radius 2 is 2.07 bits per heavy atom. The van der Waals surface area contributed by atoms with Crippen LogP contribution >= 0.6 is 15.9 Å². The van der Waals surface area contributed by atoms with Gasteiger partial charge in [-0.2, -0.15) is 0 Å². The Bertz CT molecular complexity index is 274. The van der Waals surface area contributed by atoms with E-state index in [-0.39, 0.29) is 11.7 Å². The van der Waals surface area contributed by atoms with Crippen molar-refractivity contribution in [3.8, 4) is 0 Å². The van der Waals surface area contributed by atoms with Crippen molar-refractivity contribution in [3.63, 3.8) is 0 Å². The van der Waals surface area contributed by atoms with Gasteiger partial charge in [0.1, 0.15) is 5.60 Å². The molecule has 4 heteroatoms. The van der Waals surface area contributed by atoms with Gasteiger partial charge in [-0.3, -0.25) is 0 Å². The standard InChI is InChI=1S/C11H18BrNO2/c1-11(2,3)15-10(14)13-5-4-7-8(6-13)9(7)12/h7-9H,4-6H2,1-3H3/t7-,8+,9+/m1/s1. The molecule has 2 fully saturated rings. The molecule has 2 rings (SSSR count). The zero-order valence-electron chi connectivity index (χ0n) is 9.50. The second-order valence-electron chi connectivity index (χ2n) is 5.49. The molecule has 0 spiro atoms. The molecule has 1 aliphatic carbocycles. The molecule has 3 atom stereocenters. The molecule has 86 valence electrons. The number of rotatable bonds is 0. The molecule has 1 heterocycles. The second-order valence-corrected chi connectivity index (χ2v) is 6.54. The van der Waals surface area contributed by atoms with E-state index in [1.807, 2.05) is 25.7 Å². The van der Waals surface area contributed by atoms with Crippen molar-refractivity contribution in [1.29, 1.82) is 0 Å². The minimum absolute atomic E-state index is 0.160. The maximum Gasteiger partial charge on any atom is 0.410 e. The van der Waals surface area contributed by atoms with E-state index < -0.39 is 0 Å². The average molecular weight is 276 g/mol. The number of carbonyl (C=O) groups excluding carboxylic acids is 1. The highest BCUT2D eigenvalue weighted by molar-refractivity contribution is 9.09. The van der Waals surface area contributed by atoms with Gasteiger partial charge in [0.25, 0.3) is 0 Å². The van der Waals surface area contributed by atoms with Crippen molar-refractivity contribution >= 4 is 22.0 Å². The lowest BCUT2D eigenvalue weighted by Crippen LogP contribution is -2.40. The third kappa shape index (κ3) is 2.47. The molecular weight excluding hydrogens is 258 g/mol. The van der Waals surface area contributed by atoms with Crippen LogP contribution in [-0.2, 0) is 4.74 Å². The smallest absolute Gasteiger partial charge is 0.410 e. The summed E-state index contributed by atoms with van der Waals surface area (Å²) in [5.41, 5.74) is -0.384. The summed E-state index contributed by atoms with van der Waals surface area (Å²) in [6.07, 6.45) is 0.951. The predicted octanol–water partition coefficient (Wildman–Crippen LogP) is 2.64. The minimum atomic E-state index is -0.384. The summed E-state index contributed by atoms with van der Waals surface area (Å²) >= 11 is 3.63. The van der Waals surface area contributed by atoms with Crippen molar-refractivity contribution in [3.05, 3.63) is 0 Å². The largest absolute Gasteiger partial charge is 0.444 e. The van der Waals surface area contributed by atoms with Crippen LogP contribution in [0.4, 0.5) is 4.79 Å². The Hall–Kier alpha value is -0.250. The highest BCUT2D eigenvalue weighted by atomic mass is 79.9. The van der Waals surface area contributed by atoms with E-state index in [2.05, 4.69) is 15.9 Å². The number of piperidine rings is 1. The Balaban J connectivity index is 1.87. The highest BCUT2D eigenvalue weighted by Gasteiger charge is 2.52. The van der Waals surface area contributed by atoms with Crippen molar-refractivity contribution in [1.82, 2.24) is 4.90 Å². The minimum Gasteiger partial charge on any atom is -0.444 e. The van der Waals surface area contributed by atoms with Gasteiger partial charge < -0.3 is 9.64 Å². The number of hydrogen-bond acceptors (Lipinski definition) is 2. The molecule has 2 aliphatic rings. The third-order valence-electron chi connectivity index (χ3n) is 3.04. The number of ether oxygens (including phenoxy) is 1. The number of fused-ring (bicyclic) bond motifs is 1. The zero-order valence-corrected chi connectivity index (χ0v) is 11.1. The van der Waals surface area contributed by atoms with Gasteiger partial charge in [-0.05, 0) is 39.0 Å². The SMILES string of the molecule is CC(C)(C)OC(=O)N1CC[C@H]2[C@H](Br)[C@H]2C1. The van der Waals surface area contributed by atoms with Gasteiger partial charge in [-0.1, -0.05) is 15.9 Å². The van der Waals surface area contributed by atoms with E-state index in [4.69, 9.17) is 4.74 Å². The van der Waals surface area contributed by atoms with Crippen LogP contribution in [0, 0.1) is 11.8 Å². The highest BCUT2D eigenvalue weighted by Crippen LogP contribution is 2.50. The zero-order chi connectivity index (χ0) is 11.2. The summed E-state index contributed by atoms with van der Waals surface area (Å²) in [5.74, 6) is 1.45. The molecule has 1 saturated carbocycles. The summed E-state index contributed by atoms with van der Waals surface area (Å²) in [6.45, 7) is 7.42. The first-order chi connectivity index (χ1) is 6.88. The fraction of sp³-hybridized carbons (Fsp3) is 0.909. The quantitative estimate of drug-likeness (QED) is 0.636. The molecule has 3 nitrogen and oxygen atoms in total. The third-order valence-corrected chi connectivity index (χ3v) is 4.40. The topological polar surface area (TPSA) is 29.5 Å². The lowest BCUT2D eigenvalue weighted by Gasteiger charge is -2.29. The number of amides is 1. The van der Waals surface area contributed by atoms with Crippen LogP contribution in [0.1, 0.15) is 27.2 Å². The van der Waals surface area contributed by atoms with Crippen molar-refractivity contribution < 1.29 is 9.53 Å². The molecule has 1 amide bonds. The Labute approximate surface area is 99.3 Å². The first-order valence-electron chi connectivity index (χ1n) is 5.50. The summed E-state index contributed by atoms with van der Waals surface area (Å²) in [7, 11) is 0. The van der Waals surface area contributed by atoms with Crippen LogP contribution in [-0.4, -0.2) is 34.5 Å². The Morgan fingerprint density at radius 1 is 1.40 bits per heavy atom. The van der Waals surface area contributed by atoms with E-state index in [0.29, 0.717) is 10.7 Å². The van der Waals surface area contributed by atoms with Crippen LogP contribution < -0.4 is 0 Å². The van der Waals surface area contributed by atoms with Gasteiger partial charge >= 0.3 is 6.09 Å². The first-order valence-corrected chi connectivity index (χ1v) is 6.42. The maximum atomic E-state index is 11.8. The number of nitrogens with zero attached hydrogens (tertiary/aromatic N) is 1. The van der Waals surface area contributed by atoms with E-state index in [1.54, 1.807) is 0 Å². The molecule has 0 unspecified atom stereocenters. The van der Waals surface area contributed by atoms with Gasteiger partial charge in [0.2, 0.25) is 0 Å². The molecule has 0 N–H and O–H groups in total. The van der Waals surface area contributed by atoms with Gasteiger partial charge in [0.15, 0.2) is 0 Å². The van der Waals surface area contributed by atoms with Crippen LogP contribution in [0.2, 0.25) is 0 Å². The van der Waals surface area contributed by atoms with Gasteiger partial charge in [0.05, 0.1) is 0 Å². The first kappa shape index (κ1) is 11.2. The molecule has 0 aromatic rings. The fourth-order valence-corrected chi connectivity index (χ4v) is 3.19. The summed E-state index contributed by atoms with van der Waals surface area (Å²) < 4.78 is 5.35. The van der Waals surface area contributed by atoms with Crippen LogP contribution in [0.3, 0.4) is 0 Å². The van der Waals surface area contributed by atoms with Crippen LogP contribution in [0.15, 0.2) is 0 Å². The lowest BCUT2D eigenvalue weighted by molar-refractivity contribution is 0.0207. The van der Waals surface area contributed by atoms with E-state index >= 15 is 0 Å². The molecule has 0 radical (unpaired) electrons. The van der Waals surface area contributed by atoms with E-state index in [1.165, 1.54) is 0 Å². The molecule has 0 bridgehead atoms. The van der Waals surface area contributed by atoms with Crippen molar-refractivity contribution in [2.45, 2.75) is 37.6 Å². The number of likely N-dealkylation sites (tertiary alicyclic amines) is 1. The molecule has 0 aromatic heterocycles. The van der Waals surface area contributed by atoms with E-state index in [0.717, 1.165) is 25.4 Å². The van der Waals surface area contributed by atoms with Crippen LogP contribution in [0.5, 0.6) is 0 Å². The maximum absolute atomic E-state index is 11.8. The second kappa shape index (κ2) is 3.65. The average Bonchev–Trinajstić information content (AvgIpc) is 2.74.